The number of hydrogen-bond acceptors (Lipinski definition) is 6. The van der Waals surface area contributed by atoms with Gasteiger partial charge < -0.3 is 19.5 Å². The first-order valence-electron chi connectivity index (χ1n) is 10.2. The smallest absolute Gasteiger partial charge is 0.257 e. The van der Waals surface area contributed by atoms with Gasteiger partial charge in [0.15, 0.2) is 12.4 Å². The summed E-state index contributed by atoms with van der Waals surface area (Å²) >= 11 is 0. The van der Waals surface area contributed by atoms with Gasteiger partial charge in [0.25, 0.3) is 11.8 Å². The summed E-state index contributed by atoms with van der Waals surface area (Å²) in [6.45, 7) is 8.17. The van der Waals surface area contributed by atoms with E-state index in [0.717, 1.165) is 18.5 Å². The number of carbonyl (C=O) groups excluding carboxylic acids is 1. The van der Waals surface area contributed by atoms with Crippen LogP contribution in [0.15, 0.2) is 28.8 Å². The fourth-order valence-corrected chi connectivity index (χ4v) is 3.19. The third-order valence-corrected chi connectivity index (χ3v) is 4.85. The van der Waals surface area contributed by atoms with Gasteiger partial charge in [0, 0.05) is 18.0 Å². The first-order valence-corrected chi connectivity index (χ1v) is 10.2. The van der Waals surface area contributed by atoms with Crippen LogP contribution in [0.25, 0.3) is 11.5 Å². The Bertz CT molecular complexity index is 736. The molecule has 1 aromatic heterocycles. The molecule has 0 aliphatic carbocycles. The van der Waals surface area contributed by atoms with E-state index in [1.165, 1.54) is 32.4 Å². The molecule has 7 heteroatoms. The predicted octanol–water partition coefficient (Wildman–Crippen LogP) is 3.23. The van der Waals surface area contributed by atoms with E-state index in [4.69, 9.17) is 9.26 Å². The summed E-state index contributed by atoms with van der Waals surface area (Å²) in [5, 5.41) is 6.89. The van der Waals surface area contributed by atoms with E-state index in [2.05, 4.69) is 20.4 Å². The summed E-state index contributed by atoms with van der Waals surface area (Å²) in [6.07, 6.45) is 4.91. The number of nitrogens with one attached hydrogen (secondary N) is 1. The molecule has 1 N–H and O–H groups in total. The van der Waals surface area contributed by atoms with Crippen LogP contribution < -0.4 is 10.1 Å². The zero-order valence-electron chi connectivity index (χ0n) is 16.8. The summed E-state index contributed by atoms with van der Waals surface area (Å²) in [5.74, 6) is 1.93. The van der Waals surface area contributed by atoms with Crippen molar-refractivity contribution in [2.75, 3.05) is 32.8 Å². The van der Waals surface area contributed by atoms with Crippen LogP contribution >= 0.6 is 0 Å². The minimum Gasteiger partial charge on any atom is -0.484 e. The van der Waals surface area contributed by atoms with E-state index in [0.29, 0.717) is 24.0 Å². The maximum atomic E-state index is 11.9. The van der Waals surface area contributed by atoms with Crippen molar-refractivity contribution < 1.29 is 14.1 Å². The number of piperidine rings is 1. The summed E-state index contributed by atoms with van der Waals surface area (Å²) in [4.78, 5) is 18.8. The molecule has 0 radical (unpaired) electrons. The normalized spacial score (nSPS) is 15.0. The monoisotopic (exact) mass is 386 g/mol. The number of amides is 1. The van der Waals surface area contributed by atoms with Crippen LogP contribution in [0, 0.1) is 0 Å². The van der Waals surface area contributed by atoms with Gasteiger partial charge in [-0.05, 0) is 63.2 Å². The molecule has 1 amide bonds. The Kier molecular flexibility index (Phi) is 7.42. The lowest BCUT2D eigenvalue weighted by atomic mass is 10.1. The van der Waals surface area contributed by atoms with Crippen molar-refractivity contribution >= 4 is 5.91 Å². The van der Waals surface area contributed by atoms with E-state index in [9.17, 15) is 4.79 Å². The van der Waals surface area contributed by atoms with Gasteiger partial charge >= 0.3 is 0 Å². The van der Waals surface area contributed by atoms with Gasteiger partial charge in [-0.2, -0.15) is 4.98 Å². The van der Waals surface area contributed by atoms with Crippen LogP contribution in [-0.4, -0.2) is 53.7 Å². The molecule has 0 saturated carbocycles. The number of ether oxygens (including phenoxy) is 1. The van der Waals surface area contributed by atoms with Gasteiger partial charge in [0.2, 0.25) is 0 Å². The largest absolute Gasteiger partial charge is 0.484 e. The topological polar surface area (TPSA) is 80.5 Å². The third-order valence-electron chi connectivity index (χ3n) is 4.85. The van der Waals surface area contributed by atoms with E-state index in [1.807, 2.05) is 26.0 Å². The number of aromatic nitrogens is 2. The summed E-state index contributed by atoms with van der Waals surface area (Å²) in [5.41, 5.74) is 0.828. The van der Waals surface area contributed by atoms with E-state index in [-0.39, 0.29) is 18.4 Å². The highest BCUT2D eigenvalue weighted by molar-refractivity contribution is 5.77. The lowest BCUT2D eigenvalue weighted by molar-refractivity contribution is -0.123. The molecule has 0 spiro atoms. The Hall–Kier alpha value is -2.41. The Morgan fingerprint density at radius 2 is 1.96 bits per heavy atom. The molecule has 152 valence electrons. The Labute approximate surface area is 166 Å². The molecule has 1 fully saturated rings. The second-order valence-corrected chi connectivity index (χ2v) is 7.53. The Morgan fingerprint density at radius 3 is 2.64 bits per heavy atom. The van der Waals surface area contributed by atoms with Crippen molar-refractivity contribution in [1.29, 1.82) is 0 Å². The van der Waals surface area contributed by atoms with E-state index < -0.39 is 0 Å². The van der Waals surface area contributed by atoms with Gasteiger partial charge in [-0.3, -0.25) is 4.79 Å². The number of hydrogen-bond donors (Lipinski definition) is 1. The number of nitrogens with zero attached hydrogens (tertiary/aromatic N) is 3. The second-order valence-electron chi connectivity index (χ2n) is 7.53. The van der Waals surface area contributed by atoms with Gasteiger partial charge in [0.05, 0.1) is 0 Å². The molecule has 2 aromatic rings. The molecule has 1 aliphatic rings. The number of carbonyl (C=O) groups is 1. The first kappa shape index (κ1) is 20.3. The van der Waals surface area contributed by atoms with Gasteiger partial charge in [-0.25, -0.2) is 0 Å². The molecule has 3 rings (SSSR count). The van der Waals surface area contributed by atoms with Crippen molar-refractivity contribution in [3.8, 4) is 17.2 Å². The minimum absolute atomic E-state index is 0.0150. The van der Waals surface area contributed by atoms with Gasteiger partial charge in [0.1, 0.15) is 5.75 Å². The van der Waals surface area contributed by atoms with Crippen molar-refractivity contribution in [3.05, 3.63) is 30.1 Å². The average molecular weight is 386 g/mol. The zero-order valence-corrected chi connectivity index (χ0v) is 16.8. The van der Waals surface area contributed by atoms with Gasteiger partial charge in [-0.15, -0.1) is 0 Å². The number of rotatable bonds is 9. The highest BCUT2D eigenvalue weighted by atomic mass is 16.5. The molecule has 7 nitrogen and oxygen atoms in total. The van der Waals surface area contributed by atoms with Crippen LogP contribution in [0.4, 0.5) is 0 Å². The predicted molar refractivity (Wildman–Crippen MR) is 107 cm³/mol. The molecular weight excluding hydrogens is 356 g/mol. The van der Waals surface area contributed by atoms with Crippen LogP contribution in [-0.2, 0) is 4.79 Å². The van der Waals surface area contributed by atoms with E-state index >= 15 is 0 Å². The van der Waals surface area contributed by atoms with Crippen molar-refractivity contribution in [2.24, 2.45) is 0 Å². The van der Waals surface area contributed by atoms with Crippen LogP contribution in [0.5, 0.6) is 5.75 Å². The molecule has 0 atom stereocenters. The van der Waals surface area contributed by atoms with Crippen LogP contribution in [0.1, 0.15) is 51.3 Å². The third kappa shape index (κ3) is 6.05. The fraction of sp³-hybridized carbons (Fsp3) is 0.571. The molecule has 1 saturated heterocycles. The highest BCUT2D eigenvalue weighted by Crippen LogP contribution is 2.22. The fourth-order valence-electron chi connectivity index (χ4n) is 3.19. The highest BCUT2D eigenvalue weighted by Gasteiger charge is 2.12. The molecular formula is C21H30N4O3. The SMILES string of the molecule is CC(C)c1noc(-c2ccc(OCC(=O)NCCCN3CCCCC3)cc2)n1. The summed E-state index contributed by atoms with van der Waals surface area (Å²) in [7, 11) is 0. The molecule has 2 heterocycles. The zero-order chi connectivity index (χ0) is 19.8. The lowest BCUT2D eigenvalue weighted by Crippen LogP contribution is -2.34. The maximum absolute atomic E-state index is 11.9. The van der Waals surface area contributed by atoms with Crippen LogP contribution in [0.3, 0.4) is 0 Å². The molecule has 0 unspecified atom stereocenters. The minimum atomic E-state index is -0.0961. The quantitative estimate of drug-likeness (QED) is 0.667. The molecule has 28 heavy (non-hydrogen) atoms. The number of benzene rings is 1. The lowest BCUT2D eigenvalue weighted by Gasteiger charge is -2.26. The summed E-state index contributed by atoms with van der Waals surface area (Å²) in [6, 6.07) is 7.31. The molecule has 0 bridgehead atoms. The average Bonchev–Trinajstić information content (AvgIpc) is 3.21. The summed E-state index contributed by atoms with van der Waals surface area (Å²) < 4.78 is 10.8. The Morgan fingerprint density at radius 1 is 1.21 bits per heavy atom. The number of likely N-dealkylation sites (tertiary alicyclic amines) is 1. The molecule has 1 aliphatic heterocycles. The van der Waals surface area contributed by atoms with Crippen molar-refractivity contribution in [1.82, 2.24) is 20.4 Å². The van der Waals surface area contributed by atoms with Crippen LogP contribution in [0.2, 0.25) is 0 Å². The Balaban J connectivity index is 1.36. The van der Waals surface area contributed by atoms with Crippen molar-refractivity contribution in [3.63, 3.8) is 0 Å². The second kappa shape index (κ2) is 10.2. The standard InChI is InChI=1S/C21H30N4O3/c1-16(2)20-23-21(28-24-20)17-7-9-18(10-8-17)27-15-19(26)22-11-6-14-25-12-4-3-5-13-25/h7-10,16H,3-6,11-15H2,1-2H3,(H,22,26). The van der Waals surface area contributed by atoms with Crippen molar-refractivity contribution in [2.45, 2.75) is 45.4 Å². The maximum Gasteiger partial charge on any atom is 0.257 e. The first-order chi connectivity index (χ1) is 13.6. The molecule has 1 aromatic carbocycles. The van der Waals surface area contributed by atoms with Gasteiger partial charge in [-0.1, -0.05) is 25.4 Å². The van der Waals surface area contributed by atoms with E-state index in [1.54, 1.807) is 12.1 Å².